The van der Waals surface area contributed by atoms with Crippen molar-refractivity contribution in [2.45, 2.75) is 70.3 Å². The van der Waals surface area contributed by atoms with E-state index in [4.69, 9.17) is 0 Å². The Hall–Kier alpha value is -0.610. The van der Waals surface area contributed by atoms with Gasteiger partial charge in [-0.1, -0.05) is 38.5 Å². The Morgan fingerprint density at radius 1 is 0.952 bits per heavy atom. The summed E-state index contributed by atoms with van der Waals surface area (Å²) in [6.07, 6.45) is 12.4. The van der Waals surface area contributed by atoms with Gasteiger partial charge in [-0.15, -0.1) is 0 Å². The molecule has 2 fully saturated rings. The molecule has 4 nitrogen and oxygen atoms in total. The van der Waals surface area contributed by atoms with Crippen LogP contribution in [-0.2, 0) is 4.79 Å². The molecule has 0 atom stereocenters. The summed E-state index contributed by atoms with van der Waals surface area (Å²) in [5.74, 6) is 0.274. The summed E-state index contributed by atoms with van der Waals surface area (Å²) in [6, 6.07) is 0.504. The maximum Gasteiger partial charge on any atom is 0.236 e. The molecular weight excluding hydrogens is 264 g/mol. The predicted octanol–water partition coefficient (Wildman–Crippen LogP) is 2.41. The van der Waals surface area contributed by atoms with Gasteiger partial charge in [0.05, 0.1) is 13.2 Å². The lowest BCUT2D eigenvalue weighted by Crippen LogP contribution is -2.47. The molecule has 1 aliphatic carbocycles. The molecule has 0 aromatic heterocycles. The Balaban J connectivity index is 1.86. The highest BCUT2D eigenvalue weighted by Gasteiger charge is 2.24. The first-order chi connectivity index (χ1) is 10.3. The molecule has 21 heavy (non-hydrogen) atoms. The van der Waals surface area contributed by atoms with Crippen molar-refractivity contribution in [3.63, 3.8) is 0 Å². The smallest absolute Gasteiger partial charge is 0.236 e. The fraction of sp³-hybridized carbons (Fsp3) is 0.941. The van der Waals surface area contributed by atoms with Crippen LogP contribution in [0.3, 0.4) is 0 Å². The molecule has 0 spiro atoms. The predicted molar refractivity (Wildman–Crippen MR) is 85.2 cm³/mol. The van der Waals surface area contributed by atoms with Crippen LogP contribution in [0.5, 0.6) is 0 Å². The van der Waals surface area contributed by atoms with Gasteiger partial charge in [0.1, 0.15) is 0 Å². The summed E-state index contributed by atoms with van der Waals surface area (Å²) < 4.78 is 0. The van der Waals surface area contributed by atoms with Crippen LogP contribution in [0.2, 0.25) is 0 Å². The lowest BCUT2D eigenvalue weighted by Gasteiger charge is -2.35. The van der Waals surface area contributed by atoms with E-state index in [1.807, 2.05) is 0 Å². The van der Waals surface area contributed by atoms with Crippen molar-refractivity contribution >= 4 is 5.91 Å². The molecular formula is C17H32N2O2. The molecule has 1 saturated heterocycles. The quantitative estimate of drug-likeness (QED) is 0.847. The molecule has 0 aromatic rings. The van der Waals surface area contributed by atoms with Crippen molar-refractivity contribution in [2.75, 3.05) is 32.8 Å². The molecule has 1 N–H and O–H groups in total. The van der Waals surface area contributed by atoms with Crippen molar-refractivity contribution in [1.29, 1.82) is 0 Å². The number of aliphatic hydroxyl groups is 1. The van der Waals surface area contributed by atoms with Gasteiger partial charge < -0.3 is 10.0 Å². The number of carbonyl (C=O) groups is 1. The van der Waals surface area contributed by atoms with Crippen molar-refractivity contribution in [1.82, 2.24) is 9.80 Å². The van der Waals surface area contributed by atoms with E-state index < -0.39 is 0 Å². The Morgan fingerprint density at radius 2 is 1.52 bits per heavy atom. The number of aliphatic hydroxyl groups excluding tert-OH is 1. The van der Waals surface area contributed by atoms with Crippen LogP contribution >= 0.6 is 0 Å². The number of carbonyl (C=O) groups excluding carboxylic acids is 1. The number of amides is 1. The van der Waals surface area contributed by atoms with Gasteiger partial charge in [0.2, 0.25) is 5.91 Å². The monoisotopic (exact) mass is 296 g/mol. The van der Waals surface area contributed by atoms with E-state index in [1.165, 1.54) is 51.4 Å². The van der Waals surface area contributed by atoms with Crippen LogP contribution in [0, 0.1) is 0 Å². The summed E-state index contributed by atoms with van der Waals surface area (Å²) >= 11 is 0. The first kappa shape index (κ1) is 16.8. The van der Waals surface area contributed by atoms with E-state index in [2.05, 4.69) is 9.80 Å². The van der Waals surface area contributed by atoms with Gasteiger partial charge >= 0.3 is 0 Å². The van der Waals surface area contributed by atoms with Crippen LogP contribution in [-0.4, -0.2) is 59.6 Å². The minimum Gasteiger partial charge on any atom is -0.395 e. The normalized spacial score (nSPS) is 22.1. The molecule has 0 bridgehead atoms. The zero-order valence-corrected chi connectivity index (χ0v) is 13.4. The second-order valence-electron chi connectivity index (χ2n) is 6.63. The molecule has 4 heteroatoms. The highest BCUT2D eigenvalue weighted by molar-refractivity contribution is 5.78. The van der Waals surface area contributed by atoms with E-state index >= 15 is 0 Å². The first-order valence-corrected chi connectivity index (χ1v) is 8.94. The second kappa shape index (κ2) is 9.42. The number of likely N-dealkylation sites (tertiary alicyclic amines) is 1. The average Bonchev–Trinajstić information content (AvgIpc) is 2.47. The topological polar surface area (TPSA) is 43.8 Å². The number of hydrogen-bond acceptors (Lipinski definition) is 3. The molecule has 0 radical (unpaired) electrons. The SMILES string of the molecule is O=C(CN(CCO)C1CCCCC1)N1CCCCCCC1. The van der Waals surface area contributed by atoms with E-state index in [9.17, 15) is 9.90 Å². The molecule has 0 aromatic carbocycles. The van der Waals surface area contributed by atoms with Crippen LogP contribution in [0.25, 0.3) is 0 Å². The Labute approximate surface area is 129 Å². The van der Waals surface area contributed by atoms with E-state index in [-0.39, 0.29) is 12.5 Å². The van der Waals surface area contributed by atoms with Crippen molar-refractivity contribution in [3.8, 4) is 0 Å². The molecule has 0 unspecified atom stereocenters. The zero-order chi connectivity index (χ0) is 14.9. The lowest BCUT2D eigenvalue weighted by atomic mass is 9.94. The Bertz CT molecular complexity index is 295. The Kier molecular flexibility index (Phi) is 7.51. The minimum atomic E-state index is 0.157. The third-order valence-electron chi connectivity index (χ3n) is 5.03. The Morgan fingerprint density at radius 3 is 2.14 bits per heavy atom. The molecule has 122 valence electrons. The third kappa shape index (κ3) is 5.59. The standard InChI is InChI=1S/C17H32N2O2/c20-14-13-19(16-9-5-4-6-10-16)15-17(21)18-11-7-2-1-3-8-12-18/h16,20H,1-15H2. The third-order valence-corrected chi connectivity index (χ3v) is 5.03. The molecule has 2 rings (SSSR count). The van der Waals surface area contributed by atoms with E-state index in [1.54, 1.807) is 0 Å². The van der Waals surface area contributed by atoms with Crippen LogP contribution in [0.15, 0.2) is 0 Å². The summed E-state index contributed by atoms with van der Waals surface area (Å²) in [4.78, 5) is 16.9. The van der Waals surface area contributed by atoms with Gasteiger partial charge in [0.25, 0.3) is 0 Å². The largest absolute Gasteiger partial charge is 0.395 e. The molecule has 1 amide bonds. The maximum atomic E-state index is 12.6. The van der Waals surface area contributed by atoms with Gasteiger partial charge in [-0.2, -0.15) is 0 Å². The van der Waals surface area contributed by atoms with Crippen molar-refractivity contribution in [2.24, 2.45) is 0 Å². The van der Waals surface area contributed by atoms with Gasteiger partial charge in [0.15, 0.2) is 0 Å². The van der Waals surface area contributed by atoms with Gasteiger partial charge in [0, 0.05) is 25.7 Å². The van der Waals surface area contributed by atoms with Crippen molar-refractivity contribution < 1.29 is 9.90 Å². The van der Waals surface area contributed by atoms with Crippen LogP contribution < -0.4 is 0 Å². The summed E-state index contributed by atoms with van der Waals surface area (Å²) in [7, 11) is 0. The zero-order valence-electron chi connectivity index (χ0n) is 13.4. The summed E-state index contributed by atoms with van der Waals surface area (Å²) in [5.41, 5.74) is 0. The van der Waals surface area contributed by atoms with Crippen molar-refractivity contribution in [3.05, 3.63) is 0 Å². The van der Waals surface area contributed by atoms with Gasteiger partial charge in [-0.25, -0.2) is 0 Å². The number of nitrogens with zero attached hydrogens (tertiary/aromatic N) is 2. The number of hydrogen-bond donors (Lipinski definition) is 1. The maximum absolute atomic E-state index is 12.6. The number of rotatable bonds is 5. The second-order valence-corrected chi connectivity index (χ2v) is 6.63. The van der Waals surface area contributed by atoms with E-state index in [0.29, 0.717) is 19.1 Å². The highest BCUT2D eigenvalue weighted by atomic mass is 16.3. The summed E-state index contributed by atoms with van der Waals surface area (Å²) in [6.45, 7) is 3.16. The van der Waals surface area contributed by atoms with E-state index in [0.717, 1.165) is 25.9 Å². The average molecular weight is 296 g/mol. The highest BCUT2D eigenvalue weighted by Crippen LogP contribution is 2.22. The van der Waals surface area contributed by atoms with Crippen LogP contribution in [0.4, 0.5) is 0 Å². The first-order valence-electron chi connectivity index (χ1n) is 8.94. The molecule has 1 heterocycles. The van der Waals surface area contributed by atoms with Gasteiger partial charge in [-0.3, -0.25) is 9.69 Å². The summed E-state index contributed by atoms with van der Waals surface area (Å²) in [5, 5.41) is 9.31. The molecule has 1 aliphatic heterocycles. The van der Waals surface area contributed by atoms with Crippen LogP contribution in [0.1, 0.15) is 64.2 Å². The fourth-order valence-electron chi connectivity index (χ4n) is 3.74. The minimum absolute atomic E-state index is 0.157. The molecule has 1 saturated carbocycles. The lowest BCUT2D eigenvalue weighted by molar-refractivity contribution is -0.133. The fourth-order valence-corrected chi connectivity index (χ4v) is 3.74. The van der Waals surface area contributed by atoms with Gasteiger partial charge in [-0.05, 0) is 25.7 Å². The molecule has 2 aliphatic rings.